The molecule has 19 heavy (non-hydrogen) atoms. The van der Waals surface area contributed by atoms with Gasteiger partial charge in [-0.15, -0.1) is 0 Å². The molecular weight excluding hydrogens is 258 g/mol. The van der Waals surface area contributed by atoms with E-state index in [-0.39, 0.29) is 0 Å². The van der Waals surface area contributed by atoms with Crippen LogP contribution in [0.15, 0.2) is 0 Å². The highest BCUT2D eigenvalue weighted by Gasteiger charge is 2.66. The van der Waals surface area contributed by atoms with Gasteiger partial charge in [0.05, 0.1) is 6.54 Å². The first-order chi connectivity index (χ1) is 8.35. The average molecular weight is 278 g/mol. The number of amides is 2. The first kappa shape index (κ1) is 15.7. The highest BCUT2D eigenvalue weighted by molar-refractivity contribution is 5.91. The van der Waals surface area contributed by atoms with E-state index < -0.39 is 41.8 Å². The number of hydrogen-bond acceptors (Lipinski definition) is 2. The summed E-state index contributed by atoms with van der Waals surface area (Å²) in [5.74, 6) is -3.81. The van der Waals surface area contributed by atoms with E-state index in [1.807, 2.05) is 0 Å². The zero-order chi connectivity index (χ0) is 15.2. The standard InChI is InChI=1S/C12H20F2N2O3/c1-10(2,3)12(8(17)15(4)5)6-11(13,14)7-16(12)9(18)19/h6-7H2,1-5H3,(H,18,19)/t12-/m1/s1. The van der Waals surface area contributed by atoms with Crippen molar-refractivity contribution in [3.05, 3.63) is 0 Å². The summed E-state index contributed by atoms with van der Waals surface area (Å²) >= 11 is 0. The molecule has 1 atom stereocenters. The predicted molar refractivity (Wildman–Crippen MR) is 65.2 cm³/mol. The molecule has 1 N–H and O–H groups in total. The summed E-state index contributed by atoms with van der Waals surface area (Å²) in [5.41, 5.74) is -2.68. The second-order valence-corrected chi connectivity index (χ2v) is 6.21. The maximum atomic E-state index is 13.7. The lowest BCUT2D eigenvalue weighted by Gasteiger charge is -2.46. The van der Waals surface area contributed by atoms with Crippen LogP contribution in [0, 0.1) is 5.41 Å². The average Bonchev–Trinajstić information content (AvgIpc) is 2.49. The lowest BCUT2D eigenvalue weighted by molar-refractivity contribution is -0.147. The van der Waals surface area contributed by atoms with Crippen LogP contribution in [0.25, 0.3) is 0 Å². The molecule has 0 aromatic heterocycles. The van der Waals surface area contributed by atoms with Gasteiger partial charge in [0.15, 0.2) is 0 Å². The third-order valence-electron chi connectivity index (χ3n) is 3.60. The smallest absolute Gasteiger partial charge is 0.408 e. The van der Waals surface area contributed by atoms with Gasteiger partial charge in [0.25, 0.3) is 5.92 Å². The van der Waals surface area contributed by atoms with Crippen molar-refractivity contribution in [1.82, 2.24) is 9.80 Å². The van der Waals surface area contributed by atoms with Gasteiger partial charge < -0.3 is 10.0 Å². The van der Waals surface area contributed by atoms with Crippen molar-refractivity contribution in [1.29, 1.82) is 0 Å². The van der Waals surface area contributed by atoms with Crippen molar-refractivity contribution >= 4 is 12.0 Å². The zero-order valence-corrected chi connectivity index (χ0v) is 11.8. The number of nitrogens with zero attached hydrogens (tertiary/aromatic N) is 2. The number of rotatable bonds is 1. The number of carbonyl (C=O) groups excluding carboxylic acids is 1. The molecule has 0 bridgehead atoms. The number of carbonyl (C=O) groups is 2. The van der Waals surface area contributed by atoms with Crippen LogP contribution in [0.4, 0.5) is 13.6 Å². The van der Waals surface area contributed by atoms with Gasteiger partial charge >= 0.3 is 6.09 Å². The van der Waals surface area contributed by atoms with Crippen LogP contribution in [0.1, 0.15) is 27.2 Å². The second-order valence-electron chi connectivity index (χ2n) is 6.21. The minimum absolute atomic E-state index is 0.593. The normalized spacial score (nSPS) is 26.4. The van der Waals surface area contributed by atoms with E-state index in [2.05, 4.69) is 0 Å². The second kappa shape index (κ2) is 4.31. The van der Waals surface area contributed by atoms with Crippen molar-refractivity contribution in [2.45, 2.75) is 38.7 Å². The molecule has 0 aromatic carbocycles. The number of likely N-dealkylation sites (N-methyl/N-ethyl adjacent to an activating group) is 1. The molecule has 7 heteroatoms. The molecule has 1 rings (SSSR count). The summed E-state index contributed by atoms with van der Waals surface area (Å²) in [5, 5.41) is 9.20. The fourth-order valence-corrected chi connectivity index (χ4v) is 2.67. The number of halogens is 2. The van der Waals surface area contributed by atoms with Gasteiger partial charge in [-0.1, -0.05) is 20.8 Å². The largest absolute Gasteiger partial charge is 0.465 e. The predicted octanol–water partition coefficient (Wildman–Crippen LogP) is 1.88. The molecule has 2 amide bonds. The third kappa shape index (κ3) is 2.37. The molecule has 1 saturated heterocycles. The van der Waals surface area contributed by atoms with Crippen LogP contribution in [-0.2, 0) is 4.79 Å². The Hall–Kier alpha value is -1.40. The Morgan fingerprint density at radius 3 is 2.05 bits per heavy atom. The Kier molecular flexibility index (Phi) is 3.56. The van der Waals surface area contributed by atoms with Crippen LogP contribution in [-0.4, -0.2) is 59.0 Å². The maximum Gasteiger partial charge on any atom is 0.408 e. The number of carboxylic acid groups (broad SMARTS) is 1. The topological polar surface area (TPSA) is 60.9 Å². The number of alkyl halides is 2. The molecular formula is C12H20F2N2O3. The van der Waals surface area contributed by atoms with Crippen molar-refractivity contribution in [2.75, 3.05) is 20.6 Å². The van der Waals surface area contributed by atoms with Gasteiger partial charge in [-0.2, -0.15) is 0 Å². The molecule has 0 spiro atoms. The summed E-state index contributed by atoms with van der Waals surface area (Å²) in [6.07, 6.45) is -2.28. The quantitative estimate of drug-likeness (QED) is 0.796. The summed E-state index contributed by atoms with van der Waals surface area (Å²) in [7, 11) is 2.87. The Morgan fingerprint density at radius 2 is 1.74 bits per heavy atom. The Labute approximate surface area is 111 Å². The van der Waals surface area contributed by atoms with Crippen LogP contribution in [0.5, 0.6) is 0 Å². The molecule has 0 unspecified atom stereocenters. The summed E-state index contributed by atoms with van der Waals surface area (Å²) in [6.45, 7) is 3.86. The molecule has 1 heterocycles. The molecule has 0 saturated carbocycles. The van der Waals surface area contributed by atoms with E-state index in [0.717, 1.165) is 0 Å². The summed E-state index contributed by atoms with van der Waals surface area (Å²) in [6, 6.07) is 0. The molecule has 5 nitrogen and oxygen atoms in total. The van der Waals surface area contributed by atoms with Crippen molar-refractivity contribution in [2.24, 2.45) is 5.41 Å². The fraction of sp³-hybridized carbons (Fsp3) is 0.833. The first-order valence-corrected chi connectivity index (χ1v) is 5.95. The van der Waals surface area contributed by atoms with Gasteiger partial charge in [-0.3, -0.25) is 9.69 Å². The van der Waals surface area contributed by atoms with Crippen molar-refractivity contribution < 1.29 is 23.5 Å². The SMILES string of the molecule is CN(C)C(=O)[C@@]1(C(C)(C)C)CC(F)(F)CN1C(=O)O. The van der Waals surface area contributed by atoms with Crippen LogP contribution in [0.2, 0.25) is 0 Å². The molecule has 1 aliphatic rings. The Bertz CT molecular complexity index is 404. The molecule has 1 aliphatic heterocycles. The third-order valence-corrected chi connectivity index (χ3v) is 3.60. The fourth-order valence-electron chi connectivity index (χ4n) is 2.67. The van der Waals surface area contributed by atoms with E-state index in [9.17, 15) is 23.5 Å². The molecule has 0 radical (unpaired) electrons. The van der Waals surface area contributed by atoms with Crippen LogP contribution in [0.3, 0.4) is 0 Å². The molecule has 110 valence electrons. The minimum Gasteiger partial charge on any atom is -0.465 e. The van der Waals surface area contributed by atoms with E-state index in [1.165, 1.54) is 19.0 Å². The summed E-state index contributed by atoms with van der Waals surface area (Å²) in [4.78, 5) is 25.5. The van der Waals surface area contributed by atoms with Gasteiger partial charge in [-0.25, -0.2) is 13.6 Å². The number of hydrogen-bond donors (Lipinski definition) is 1. The number of likely N-dealkylation sites (tertiary alicyclic amines) is 1. The van der Waals surface area contributed by atoms with Crippen molar-refractivity contribution in [3.8, 4) is 0 Å². The van der Waals surface area contributed by atoms with Gasteiger partial charge in [0.2, 0.25) is 5.91 Å². The minimum atomic E-state index is -3.20. The summed E-state index contributed by atoms with van der Waals surface area (Å²) < 4.78 is 27.5. The van der Waals surface area contributed by atoms with E-state index in [0.29, 0.717) is 4.90 Å². The van der Waals surface area contributed by atoms with E-state index in [1.54, 1.807) is 20.8 Å². The van der Waals surface area contributed by atoms with Gasteiger partial charge in [0.1, 0.15) is 5.54 Å². The van der Waals surface area contributed by atoms with E-state index >= 15 is 0 Å². The molecule has 0 aromatic rings. The lowest BCUT2D eigenvalue weighted by Crippen LogP contribution is -2.63. The highest BCUT2D eigenvalue weighted by atomic mass is 19.3. The Balaban J connectivity index is 3.46. The molecule has 0 aliphatic carbocycles. The molecule has 1 fully saturated rings. The van der Waals surface area contributed by atoms with Gasteiger partial charge in [0, 0.05) is 20.5 Å². The lowest BCUT2D eigenvalue weighted by atomic mass is 9.70. The first-order valence-electron chi connectivity index (χ1n) is 5.95. The Morgan fingerprint density at radius 1 is 1.26 bits per heavy atom. The van der Waals surface area contributed by atoms with E-state index in [4.69, 9.17) is 0 Å². The van der Waals surface area contributed by atoms with Crippen LogP contribution >= 0.6 is 0 Å². The monoisotopic (exact) mass is 278 g/mol. The highest BCUT2D eigenvalue weighted by Crippen LogP contribution is 2.50. The van der Waals surface area contributed by atoms with Crippen molar-refractivity contribution in [3.63, 3.8) is 0 Å². The maximum absolute atomic E-state index is 13.7. The zero-order valence-electron chi connectivity index (χ0n) is 11.8. The van der Waals surface area contributed by atoms with Gasteiger partial charge in [-0.05, 0) is 5.41 Å². The van der Waals surface area contributed by atoms with Crippen LogP contribution < -0.4 is 0 Å².